The minimum atomic E-state index is -0.363. The number of nitrogens with two attached hydrogens (primary N) is 1. The predicted octanol–water partition coefficient (Wildman–Crippen LogP) is 1.89. The van der Waals surface area contributed by atoms with Crippen LogP contribution in [-0.2, 0) is 11.2 Å². The molecule has 98 valence electrons. The van der Waals surface area contributed by atoms with Gasteiger partial charge >= 0.3 is 0 Å². The second-order valence-corrected chi connectivity index (χ2v) is 4.57. The van der Waals surface area contributed by atoms with Crippen molar-refractivity contribution < 1.29 is 9.18 Å². The third-order valence-corrected chi connectivity index (χ3v) is 2.62. The Morgan fingerprint density at radius 1 is 1.44 bits per heavy atom. The maximum absolute atomic E-state index is 13.4. The number of amides is 1. The molecule has 0 radical (unpaired) electrons. The lowest BCUT2D eigenvalue weighted by molar-refractivity contribution is -0.129. The second kappa shape index (κ2) is 7.06. The van der Waals surface area contributed by atoms with Gasteiger partial charge in [-0.1, -0.05) is 37.3 Å². The lowest BCUT2D eigenvalue weighted by Crippen LogP contribution is -2.39. The van der Waals surface area contributed by atoms with Gasteiger partial charge in [-0.25, -0.2) is 4.39 Å². The first kappa shape index (κ1) is 14.6. The summed E-state index contributed by atoms with van der Waals surface area (Å²) in [5, 5.41) is 0. The van der Waals surface area contributed by atoms with Crippen molar-refractivity contribution in [3.63, 3.8) is 0 Å². The molecule has 0 aliphatic carbocycles. The third kappa shape index (κ3) is 4.41. The molecule has 1 aromatic rings. The zero-order valence-corrected chi connectivity index (χ0v) is 11.2. The van der Waals surface area contributed by atoms with Gasteiger partial charge in [-0.2, -0.15) is 0 Å². The Kier molecular flexibility index (Phi) is 5.71. The normalized spacial score (nSPS) is 10.1. The van der Waals surface area contributed by atoms with Crippen LogP contribution in [0.15, 0.2) is 24.3 Å². The van der Waals surface area contributed by atoms with Gasteiger partial charge < -0.3 is 10.6 Å². The first-order valence-electron chi connectivity index (χ1n) is 5.84. The zero-order chi connectivity index (χ0) is 13.5. The van der Waals surface area contributed by atoms with Crippen molar-refractivity contribution in [2.24, 2.45) is 5.73 Å². The molecular formula is C13H17FN2OS. The molecule has 1 amide bonds. The summed E-state index contributed by atoms with van der Waals surface area (Å²) in [4.78, 5) is 13.9. The number of benzene rings is 1. The average Bonchev–Trinajstić information content (AvgIpc) is 2.31. The second-order valence-electron chi connectivity index (χ2n) is 4.05. The van der Waals surface area contributed by atoms with Crippen LogP contribution in [0.5, 0.6) is 0 Å². The summed E-state index contributed by atoms with van der Waals surface area (Å²) < 4.78 is 13.4. The molecule has 3 nitrogen and oxygen atoms in total. The van der Waals surface area contributed by atoms with E-state index in [4.69, 9.17) is 18.0 Å². The van der Waals surface area contributed by atoms with Crippen LogP contribution in [-0.4, -0.2) is 28.9 Å². The lowest BCUT2D eigenvalue weighted by atomic mass is 10.1. The van der Waals surface area contributed by atoms with Crippen LogP contribution in [0, 0.1) is 5.82 Å². The molecule has 0 fully saturated rings. The Labute approximate surface area is 112 Å². The van der Waals surface area contributed by atoms with E-state index in [9.17, 15) is 9.18 Å². The van der Waals surface area contributed by atoms with Crippen LogP contribution < -0.4 is 5.73 Å². The van der Waals surface area contributed by atoms with E-state index in [2.05, 4.69) is 0 Å². The van der Waals surface area contributed by atoms with Crippen molar-refractivity contribution in [2.45, 2.75) is 19.8 Å². The van der Waals surface area contributed by atoms with Crippen LogP contribution >= 0.6 is 12.2 Å². The molecule has 0 saturated heterocycles. The van der Waals surface area contributed by atoms with Crippen molar-refractivity contribution in [3.8, 4) is 0 Å². The van der Waals surface area contributed by atoms with Gasteiger partial charge in [-0.3, -0.25) is 4.79 Å². The minimum Gasteiger partial charge on any atom is -0.392 e. The molecule has 0 saturated carbocycles. The smallest absolute Gasteiger partial charge is 0.227 e. The van der Waals surface area contributed by atoms with Crippen molar-refractivity contribution in [2.75, 3.05) is 13.1 Å². The Bertz CT molecular complexity index is 437. The van der Waals surface area contributed by atoms with E-state index in [0.29, 0.717) is 12.1 Å². The Morgan fingerprint density at radius 3 is 2.67 bits per heavy atom. The molecule has 0 spiro atoms. The fraction of sp³-hybridized carbons (Fsp3) is 0.385. The third-order valence-electron chi connectivity index (χ3n) is 2.49. The summed E-state index contributed by atoms with van der Waals surface area (Å²) in [5.74, 6) is -0.521. The van der Waals surface area contributed by atoms with Gasteiger partial charge in [-0.15, -0.1) is 0 Å². The van der Waals surface area contributed by atoms with Crippen LogP contribution in [0.1, 0.15) is 18.9 Å². The first-order valence-corrected chi connectivity index (χ1v) is 6.25. The standard InChI is InChI=1S/C13H17FN2OS/c1-2-7-16(9-12(15)18)13(17)8-10-5-3-4-6-11(10)14/h3-6H,2,7-9H2,1H3,(H2,15,18). The highest BCUT2D eigenvalue weighted by Gasteiger charge is 2.15. The molecule has 1 rings (SSSR count). The van der Waals surface area contributed by atoms with Gasteiger partial charge in [0.05, 0.1) is 18.0 Å². The molecule has 0 unspecified atom stereocenters. The van der Waals surface area contributed by atoms with Gasteiger partial charge in [0.1, 0.15) is 5.82 Å². The molecule has 0 heterocycles. The van der Waals surface area contributed by atoms with Gasteiger partial charge in [0.2, 0.25) is 5.91 Å². The fourth-order valence-electron chi connectivity index (χ4n) is 1.67. The number of hydrogen-bond donors (Lipinski definition) is 1. The number of hydrogen-bond acceptors (Lipinski definition) is 2. The summed E-state index contributed by atoms with van der Waals surface area (Å²) in [6, 6.07) is 6.27. The van der Waals surface area contributed by atoms with Gasteiger partial charge in [0, 0.05) is 6.54 Å². The molecule has 18 heavy (non-hydrogen) atoms. The molecule has 2 N–H and O–H groups in total. The van der Waals surface area contributed by atoms with Gasteiger partial charge in [0.15, 0.2) is 0 Å². The van der Waals surface area contributed by atoms with Crippen LogP contribution in [0.3, 0.4) is 0 Å². The molecule has 0 aliphatic heterocycles. The van der Waals surface area contributed by atoms with Crippen LogP contribution in [0.2, 0.25) is 0 Å². The van der Waals surface area contributed by atoms with Crippen molar-refractivity contribution in [3.05, 3.63) is 35.6 Å². The van der Waals surface area contributed by atoms with E-state index in [-0.39, 0.29) is 29.7 Å². The first-order chi connectivity index (χ1) is 8.54. The molecule has 1 aromatic carbocycles. The summed E-state index contributed by atoms with van der Waals surface area (Å²) >= 11 is 4.81. The Morgan fingerprint density at radius 2 is 2.11 bits per heavy atom. The minimum absolute atomic E-state index is 0.0370. The SMILES string of the molecule is CCCN(CC(N)=S)C(=O)Cc1ccccc1F. The van der Waals surface area contributed by atoms with Crippen molar-refractivity contribution >= 4 is 23.1 Å². The van der Waals surface area contributed by atoms with Gasteiger partial charge in [0.25, 0.3) is 0 Å². The highest BCUT2D eigenvalue weighted by atomic mass is 32.1. The molecule has 0 aliphatic rings. The van der Waals surface area contributed by atoms with E-state index in [1.807, 2.05) is 6.92 Å². The highest BCUT2D eigenvalue weighted by Crippen LogP contribution is 2.09. The van der Waals surface area contributed by atoms with E-state index in [1.54, 1.807) is 23.1 Å². The van der Waals surface area contributed by atoms with Crippen molar-refractivity contribution in [1.29, 1.82) is 0 Å². The number of carbonyl (C=O) groups excluding carboxylic acids is 1. The zero-order valence-electron chi connectivity index (χ0n) is 10.4. The van der Waals surface area contributed by atoms with E-state index < -0.39 is 0 Å². The van der Waals surface area contributed by atoms with E-state index in [1.165, 1.54) is 6.07 Å². The average molecular weight is 268 g/mol. The van der Waals surface area contributed by atoms with Crippen molar-refractivity contribution in [1.82, 2.24) is 4.90 Å². The monoisotopic (exact) mass is 268 g/mol. The molecule has 0 atom stereocenters. The number of halogens is 1. The summed E-state index contributed by atoms with van der Waals surface area (Å²) in [6.07, 6.45) is 0.848. The number of rotatable bonds is 6. The molecule has 5 heteroatoms. The Hall–Kier alpha value is -1.49. The maximum Gasteiger partial charge on any atom is 0.227 e. The molecule has 0 bridgehead atoms. The van der Waals surface area contributed by atoms with Crippen LogP contribution in [0.25, 0.3) is 0 Å². The molecular weight excluding hydrogens is 251 g/mol. The largest absolute Gasteiger partial charge is 0.392 e. The highest BCUT2D eigenvalue weighted by molar-refractivity contribution is 7.80. The van der Waals surface area contributed by atoms with E-state index in [0.717, 1.165) is 6.42 Å². The lowest BCUT2D eigenvalue weighted by Gasteiger charge is -2.21. The van der Waals surface area contributed by atoms with E-state index >= 15 is 0 Å². The van der Waals surface area contributed by atoms with Crippen LogP contribution in [0.4, 0.5) is 4.39 Å². The number of thiocarbonyl (C=S) groups is 1. The van der Waals surface area contributed by atoms with Gasteiger partial charge in [-0.05, 0) is 18.1 Å². The predicted molar refractivity (Wildman–Crippen MR) is 73.8 cm³/mol. The number of carbonyl (C=O) groups is 1. The Balaban J connectivity index is 2.72. The quantitative estimate of drug-likeness (QED) is 0.801. The fourth-order valence-corrected chi connectivity index (χ4v) is 1.82. The summed E-state index contributed by atoms with van der Waals surface area (Å²) in [5.41, 5.74) is 5.84. The number of nitrogens with zero attached hydrogens (tertiary/aromatic N) is 1. The molecule has 0 aromatic heterocycles. The topological polar surface area (TPSA) is 46.3 Å². The summed E-state index contributed by atoms with van der Waals surface area (Å²) in [6.45, 7) is 2.78. The maximum atomic E-state index is 13.4. The summed E-state index contributed by atoms with van der Waals surface area (Å²) in [7, 11) is 0.